The lowest BCUT2D eigenvalue weighted by molar-refractivity contribution is -0.633. The van der Waals surface area contributed by atoms with E-state index in [4.69, 9.17) is 0 Å². The van der Waals surface area contributed by atoms with Crippen LogP contribution in [0.5, 0.6) is 0 Å². The second-order valence-electron chi connectivity index (χ2n) is 35.5. The molecule has 0 radical (unpaired) electrons. The van der Waals surface area contributed by atoms with Gasteiger partial charge in [-0.15, -0.1) is 0 Å². The average molecular weight is 1540 g/mol. The quantitative estimate of drug-likeness (QED) is 0.115. The van der Waals surface area contributed by atoms with Gasteiger partial charge in [-0.1, -0.05) is 196 Å². The smallest absolute Gasteiger partial charge is 0.194 e. The summed E-state index contributed by atoms with van der Waals surface area (Å²) in [5.74, 6) is 3.22. The van der Waals surface area contributed by atoms with E-state index in [1.807, 2.05) is 0 Å². The third kappa shape index (κ3) is 18.4. The summed E-state index contributed by atoms with van der Waals surface area (Å²) in [6.07, 6.45) is 0. The summed E-state index contributed by atoms with van der Waals surface area (Å²) in [6, 6.07) is 81.4. The number of nitrogens with zero attached hydrogens (tertiary/aromatic N) is 5. The van der Waals surface area contributed by atoms with Crippen molar-refractivity contribution in [1.29, 1.82) is 0 Å². The molecular weight excluding hydrogens is 1400 g/mol. The van der Waals surface area contributed by atoms with Crippen molar-refractivity contribution in [2.45, 2.75) is 209 Å². The number of aromatic nitrogens is 5. The fourth-order valence-corrected chi connectivity index (χ4v) is 17.1. The van der Waals surface area contributed by atoms with Gasteiger partial charge in [-0.2, -0.15) is 22.8 Å². The second-order valence-corrected chi connectivity index (χ2v) is 35.5. The summed E-state index contributed by atoms with van der Waals surface area (Å²) >= 11 is 0. The van der Waals surface area contributed by atoms with Crippen molar-refractivity contribution in [3.63, 3.8) is 0 Å². The Balaban J connectivity index is 0.000000143. The fourth-order valence-electron chi connectivity index (χ4n) is 17.1. The topological polar surface area (TPSA) is 19.4 Å². The molecule has 0 atom stereocenters. The molecule has 596 valence electrons. The monoisotopic (exact) mass is 1540 g/mol. The molecule has 15 aromatic rings. The van der Waals surface area contributed by atoms with E-state index >= 15 is 0 Å². The molecule has 0 N–H and O–H groups in total. The molecule has 0 aliphatic carbocycles. The van der Waals surface area contributed by atoms with Crippen LogP contribution in [0.3, 0.4) is 0 Å². The van der Waals surface area contributed by atoms with E-state index in [-0.39, 0.29) is 0 Å². The molecule has 116 heavy (non-hydrogen) atoms. The van der Waals surface area contributed by atoms with Gasteiger partial charge in [0.05, 0.1) is 0 Å². The van der Waals surface area contributed by atoms with E-state index < -0.39 is 0 Å². The lowest BCUT2D eigenvalue weighted by Crippen LogP contribution is -2.32. The maximum absolute atomic E-state index is 2.40. The standard InChI is InChI=1S/C25H32N.2C22H26N.2C21H24N/c1-15(2)20-13-22(16(3)4)21-9-10-24(26(8)25(21)14-20)23-12-17(5)11-18(6)19(23)7;1-14(2)19-8-7-18-9-10-21(23(6)22(18)13-19)20-12-15(3)11-16(4)17(20)5;1-14(2)18-8-7-9-21-19(18)10-11-22(23(21)6)20-13-15(3)12-16(4)17(20)5;1-14(2)18-9-8-17-10-11-20(22(5)21(17)13-18)19-12-15(3)6-7-16(19)4;1-14(2)17-7-6-8-20-18(17)11-12-21(22(20)5)19-13-15(3)9-10-16(19)4/h9-16H,1-8H3;2*7-14H,1-6H3;2*6-14H,1-5H3/q5*+1. The predicted octanol–water partition coefficient (Wildman–Crippen LogP) is 27.4. The van der Waals surface area contributed by atoms with Crippen molar-refractivity contribution in [2.24, 2.45) is 35.2 Å². The molecule has 0 aliphatic heterocycles. The normalized spacial score (nSPS) is 11.5. The molecule has 0 unspecified atom stereocenters. The largest absolute Gasteiger partial charge is 0.213 e. The minimum Gasteiger partial charge on any atom is -0.194 e. The zero-order chi connectivity index (χ0) is 84.3. The highest BCUT2D eigenvalue weighted by atomic mass is 15.0. The highest BCUT2D eigenvalue weighted by Crippen LogP contribution is 2.36. The molecular formula is C111H132N5+5. The van der Waals surface area contributed by atoms with Crippen LogP contribution >= 0.6 is 0 Å². The second kappa shape index (κ2) is 36.2. The fraction of sp³-hybridized carbons (Fsp3) is 0.324. The van der Waals surface area contributed by atoms with Gasteiger partial charge < -0.3 is 0 Å². The Morgan fingerprint density at radius 1 is 0.198 bits per heavy atom. The number of hydrogen-bond donors (Lipinski definition) is 0. The van der Waals surface area contributed by atoms with Crippen LogP contribution in [0.15, 0.2) is 218 Å². The first-order chi connectivity index (χ1) is 54.9. The first-order valence-electron chi connectivity index (χ1n) is 42.5. The van der Waals surface area contributed by atoms with Crippen LogP contribution in [0.4, 0.5) is 0 Å². The predicted molar refractivity (Wildman–Crippen MR) is 499 cm³/mol. The van der Waals surface area contributed by atoms with Crippen LogP contribution < -0.4 is 22.8 Å². The molecule has 0 saturated heterocycles. The van der Waals surface area contributed by atoms with Gasteiger partial charge in [0.15, 0.2) is 0 Å². The maximum atomic E-state index is 2.40. The van der Waals surface area contributed by atoms with E-state index in [1.54, 1.807) is 0 Å². The molecule has 10 aromatic carbocycles. The van der Waals surface area contributed by atoms with Crippen LogP contribution in [0.2, 0.25) is 0 Å². The number of aryl methyl sites for hydroxylation is 15. The average Bonchev–Trinajstić information content (AvgIpc) is 0.771. The molecule has 5 heteroatoms. The number of pyridine rings is 5. The number of hydrogen-bond acceptors (Lipinski definition) is 0. The van der Waals surface area contributed by atoms with Gasteiger partial charge in [0, 0.05) is 115 Å². The number of fused-ring (bicyclic) bond motifs is 5. The van der Waals surface area contributed by atoms with Crippen LogP contribution in [-0.4, -0.2) is 0 Å². The zero-order valence-corrected chi connectivity index (χ0v) is 76.0. The minimum atomic E-state index is 0.519. The Kier molecular flexibility index (Phi) is 26.9. The molecule has 0 spiro atoms. The number of rotatable bonds is 11. The lowest BCUT2D eigenvalue weighted by Gasteiger charge is -2.15. The Labute approximate surface area is 697 Å². The van der Waals surface area contributed by atoms with Gasteiger partial charge in [0.1, 0.15) is 35.2 Å². The van der Waals surface area contributed by atoms with Gasteiger partial charge in [-0.25, -0.2) is 0 Å². The maximum Gasteiger partial charge on any atom is 0.213 e. The zero-order valence-electron chi connectivity index (χ0n) is 76.0. The highest BCUT2D eigenvalue weighted by Gasteiger charge is 2.26. The van der Waals surface area contributed by atoms with Crippen LogP contribution in [-0.2, 0) is 35.2 Å². The molecule has 15 rings (SSSR count). The lowest BCUT2D eigenvalue weighted by atomic mass is 9.91. The highest BCUT2D eigenvalue weighted by molar-refractivity contribution is 5.86. The molecule has 0 amide bonds. The van der Waals surface area contributed by atoms with E-state index in [9.17, 15) is 0 Å². The molecule has 0 fully saturated rings. The van der Waals surface area contributed by atoms with E-state index in [1.165, 1.54) is 217 Å². The van der Waals surface area contributed by atoms with Gasteiger partial charge >= 0.3 is 0 Å². The van der Waals surface area contributed by atoms with Gasteiger partial charge in [0.2, 0.25) is 56.1 Å². The van der Waals surface area contributed by atoms with E-state index in [0.29, 0.717) is 35.5 Å². The van der Waals surface area contributed by atoms with Crippen molar-refractivity contribution in [1.82, 2.24) is 0 Å². The first-order valence-corrected chi connectivity index (χ1v) is 42.5. The third-order valence-corrected chi connectivity index (χ3v) is 24.7. The SMILES string of the molecule is Cc1cc(C)c(C)c(-c2ccc3c(C(C)C)cc(C(C)C)cc3[n+]2C)c1.Cc1cc(C)c(C)c(-c2ccc3c(C(C)C)cccc3[n+]2C)c1.Cc1cc(C)c(C)c(-c2ccc3ccc(C(C)C)cc3[n+]2C)c1.Cc1ccc(C)c(-c2ccc3c(C(C)C)cccc3[n+]2C)c1.Cc1ccc(C)c(-c2ccc3ccc(C(C)C)cc3[n+]2C)c1. The van der Waals surface area contributed by atoms with Crippen molar-refractivity contribution < 1.29 is 22.8 Å². The van der Waals surface area contributed by atoms with Gasteiger partial charge in [0.25, 0.3) is 0 Å². The first kappa shape index (κ1) is 86.1. The Bertz CT molecular complexity index is 6060. The summed E-state index contributed by atoms with van der Waals surface area (Å²) in [5, 5.41) is 6.67. The molecule has 0 bridgehead atoms. The molecule has 0 aliphatic rings. The molecule has 0 saturated carbocycles. The van der Waals surface area contributed by atoms with Gasteiger partial charge in [-0.05, 0) is 276 Å². The Morgan fingerprint density at radius 2 is 0.483 bits per heavy atom. The summed E-state index contributed by atoms with van der Waals surface area (Å²) < 4.78 is 11.7. The Morgan fingerprint density at radius 3 is 0.819 bits per heavy atom. The van der Waals surface area contributed by atoms with E-state index in [2.05, 4.69) is 450 Å². The third-order valence-electron chi connectivity index (χ3n) is 24.7. The van der Waals surface area contributed by atoms with Crippen LogP contribution in [0.1, 0.15) is 224 Å². The van der Waals surface area contributed by atoms with Crippen molar-refractivity contribution >= 4 is 54.5 Å². The van der Waals surface area contributed by atoms with Gasteiger partial charge in [-0.3, -0.25) is 0 Å². The summed E-state index contributed by atoms with van der Waals surface area (Å²) in [7, 11) is 10.9. The number of benzene rings is 10. The van der Waals surface area contributed by atoms with Crippen LogP contribution in [0, 0.1) is 90.0 Å². The molecule has 5 heterocycles. The summed E-state index contributed by atoms with van der Waals surface area (Å²) in [4.78, 5) is 0. The molecule has 5 nitrogen and oxygen atoms in total. The van der Waals surface area contributed by atoms with Crippen molar-refractivity contribution in [2.75, 3.05) is 0 Å². The summed E-state index contributed by atoms with van der Waals surface area (Å²) in [6.45, 7) is 55.7. The minimum absolute atomic E-state index is 0.519. The molecule has 5 aromatic heterocycles. The van der Waals surface area contributed by atoms with E-state index in [0.717, 1.165) is 0 Å². The Hall–Kier alpha value is -10.8. The summed E-state index contributed by atoms with van der Waals surface area (Å²) in [5.41, 5.74) is 45.4. The van der Waals surface area contributed by atoms with Crippen molar-refractivity contribution in [3.8, 4) is 56.3 Å². The van der Waals surface area contributed by atoms with Crippen molar-refractivity contribution in [3.05, 3.63) is 324 Å². The van der Waals surface area contributed by atoms with Crippen LogP contribution in [0.25, 0.3) is 111 Å².